The second kappa shape index (κ2) is 6.50. The number of carbonyl (C=O) groups is 1. The molecule has 1 fully saturated rings. The Kier molecular flexibility index (Phi) is 4.21. The standard InChI is InChI=1S/C20H26N2O2/c1-2-24-18(23)10-9-14-6-5-12-22-13-11-16-15-7-3-4-8-17(15)21-19(16)20(14)22/h3-4,7-8,14,16,21H,2,5-6,9-13H2,1H3. The highest BCUT2D eigenvalue weighted by atomic mass is 16.5. The Morgan fingerprint density at radius 1 is 1.29 bits per heavy atom. The van der Waals surface area contributed by atoms with E-state index in [9.17, 15) is 4.79 Å². The molecule has 0 bridgehead atoms. The van der Waals surface area contributed by atoms with Crippen molar-refractivity contribution in [3.05, 3.63) is 41.2 Å². The molecule has 0 aliphatic carbocycles. The lowest BCUT2D eigenvalue weighted by molar-refractivity contribution is -0.143. The van der Waals surface area contributed by atoms with Crippen molar-refractivity contribution in [3.63, 3.8) is 0 Å². The third-order valence-electron chi connectivity index (χ3n) is 5.63. The van der Waals surface area contributed by atoms with Crippen LogP contribution in [-0.4, -0.2) is 30.6 Å². The molecule has 1 N–H and O–H groups in total. The second-order valence-corrected chi connectivity index (χ2v) is 7.02. The number of allylic oxidation sites excluding steroid dienone is 2. The summed E-state index contributed by atoms with van der Waals surface area (Å²) in [6.07, 6.45) is 5.02. The van der Waals surface area contributed by atoms with Crippen LogP contribution < -0.4 is 5.32 Å². The van der Waals surface area contributed by atoms with Gasteiger partial charge in [0, 0.05) is 48.4 Å². The van der Waals surface area contributed by atoms with Gasteiger partial charge in [0.25, 0.3) is 0 Å². The summed E-state index contributed by atoms with van der Waals surface area (Å²) < 4.78 is 5.12. The molecule has 0 radical (unpaired) electrons. The van der Waals surface area contributed by atoms with Gasteiger partial charge in [0.1, 0.15) is 0 Å². The molecular weight excluding hydrogens is 300 g/mol. The fourth-order valence-corrected chi connectivity index (χ4v) is 4.60. The summed E-state index contributed by atoms with van der Waals surface area (Å²) in [5, 5.41) is 3.70. The molecule has 0 aromatic heterocycles. The van der Waals surface area contributed by atoms with E-state index in [0.717, 1.165) is 19.5 Å². The van der Waals surface area contributed by atoms with Crippen molar-refractivity contribution in [2.75, 3.05) is 25.0 Å². The van der Waals surface area contributed by atoms with Crippen LogP contribution in [0.3, 0.4) is 0 Å². The lowest BCUT2D eigenvalue weighted by Gasteiger charge is -2.43. The van der Waals surface area contributed by atoms with E-state index >= 15 is 0 Å². The highest BCUT2D eigenvalue weighted by Crippen LogP contribution is 2.48. The Morgan fingerprint density at radius 2 is 2.17 bits per heavy atom. The SMILES string of the molecule is CCOC(=O)CCC1CCCN2CCC3C(=C12)Nc1ccccc13. The molecule has 1 saturated heterocycles. The zero-order valence-corrected chi connectivity index (χ0v) is 14.4. The Morgan fingerprint density at radius 3 is 3.04 bits per heavy atom. The van der Waals surface area contributed by atoms with Crippen molar-refractivity contribution in [1.29, 1.82) is 0 Å². The van der Waals surface area contributed by atoms with Gasteiger partial charge in [-0.25, -0.2) is 0 Å². The van der Waals surface area contributed by atoms with E-state index in [-0.39, 0.29) is 5.97 Å². The van der Waals surface area contributed by atoms with Crippen LogP contribution in [0.25, 0.3) is 0 Å². The molecule has 4 nitrogen and oxygen atoms in total. The summed E-state index contributed by atoms with van der Waals surface area (Å²) in [5.41, 5.74) is 5.57. The number of nitrogens with one attached hydrogen (secondary N) is 1. The van der Waals surface area contributed by atoms with E-state index in [0.29, 0.717) is 24.9 Å². The molecule has 1 aromatic rings. The number of anilines is 1. The normalized spacial score (nSPS) is 24.8. The van der Waals surface area contributed by atoms with Crippen LogP contribution in [0.15, 0.2) is 35.7 Å². The summed E-state index contributed by atoms with van der Waals surface area (Å²) in [6, 6.07) is 8.68. The maximum Gasteiger partial charge on any atom is 0.305 e. The molecular formula is C20H26N2O2. The van der Waals surface area contributed by atoms with Gasteiger partial charge in [-0.3, -0.25) is 4.79 Å². The summed E-state index contributed by atoms with van der Waals surface area (Å²) in [7, 11) is 0. The number of esters is 1. The molecule has 2 unspecified atom stereocenters. The first-order chi connectivity index (χ1) is 11.8. The van der Waals surface area contributed by atoms with Crippen molar-refractivity contribution in [2.45, 2.75) is 44.9 Å². The van der Waals surface area contributed by atoms with Crippen molar-refractivity contribution in [3.8, 4) is 0 Å². The van der Waals surface area contributed by atoms with E-state index in [1.165, 1.54) is 41.9 Å². The predicted octanol–water partition coefficient (Wildman–Crippen LogP) is 3.87. The lowest BCUT2D eigenvalue weighted by atomic mass is 9.82. The van der Waals surface area contributed by atoms with Gasteiger partial charge in [-0.2, -0.15) is 0 Å². The fourth-order valence-electron chi connectivity index (χ4n) is 4.60. The largest absolute Gasteiger partial charge is 0.466 e. The molecule has 3 heterocycles. The minimum atomic E-state index is -0.0600. The summed E-state index contributed by atoms with van der Waals surface area (Å²) in [4.78, 5) is 14.3. The quantitative estimate of drug-likeness (QED) is 0.853. The van der Waals surface area contributed by atoms with Gasteiger partial charge >= 0.3 is 5.97 Å². The lowest BCUT2D eigenvalue weighted by Crippen LogP contribution is -2.40. The number of rotatable bonds is 4. The zero-order valence-electron chi connectivity index (χ0n) is 14.4. The predicted molar refractivity (Wildman–Crippen MR) is 94.6 cm³/mol. The number of piperidine rings is 1. The maximum absolute atomic E-state index is 11.8. The van der Waals surface area contributed by atoms with Gasteiger partial charge < -0.3 is 15.0 Å². The number of carbonyl (C=O) groups excluding carboxylic acids is 1. The second-order valence-electron chi connectivity index (χ2n) is 7.02. The maximum atomic E-state index is 11.8. The molecule has 1 aromatic carbocycles. The molecule has 128 valence electrons. The highest BCUT2D eigenvalue weighted by Gasteiger charge is 2.39. The van der Waals surface area contributed by atoms with Crippen molar-refractivity contribution >= 4 is 11.7 Å². The van der Waals surface area contributed by atoms with E-state index in [4.69, 9.17) is 4.74 Å². The van der Waals surface area contributed by atoms with Crippen LogP contribution in [0.1, 0.15) is 50.5 Å². The number of hydrogen-bond donors (Lipinski definition) is 1. The molecule has 3 aliphatic heterocycles. The van der Waals surface area contributed by atoms with Gasteiger partial charge in [0.15, 0.2) is 0 Å². The molecule has 2 atom stereocenters. The average molecular weight is 326 g/mol. The first-order valence-corrected chi connectivity index (χ1v) is 9.28. The summed E-state index contributed by atoms with van der Waals surface area (Å²) in [6.45, 7) is 4.63. The first kappa shape index (κ1) is 15.6. The molecule has 3 aliphatic rings. The first-order valence-electron chi connectivity index (χ1n) is 9.28. The molecule has 0 saturated carbocycles. The summed E-state index contributed by atoms with van der Waals surface area (Å²) >= 11 is 0. The van der Waals surface area contributed by atoms with Gasteiger partial charge in [0.05, 0.1) is 6.61 Å². The number of ether oxygens (including phenoxy) is 1. The Balaban J connectivity index is 1.60. The van der Waals surface area contributed by atoms with Gasteiger partial charge in [0.2, 0.25) is 0 Å². The van der Waals surface area contributed by atoms with E-state index in [1.807, 2.05) is 6.92 Å². The van der Waals surface area contributed by atoms with Crippen molar-refractivity contribution in [2.24, 2.45) is 5.92 Å². The van der Waals surface area contributed by atoms with Crippen molar-refractivity contribution in [1.82, 2.24) is 4.90 Å². The molecule has 24 heavy (non-hydrogen) atoms. The van der Waals surface area contributed by atoms with Crippen LogP contribution in [0.2, 0.25) is 0 Å². The van der Waals surface area contributed by atoms with Crippen LogP contribution in [0, 0.1) is 5.92 Å². The molecule has 4 heteroatoms. The van der Waals surface area contributed by atoms with Crippen LogP contribution in [0.5, 0.6) is 0 Å². The molecule has 0 spiro atoms. The fraction of sp³-hybridized carbons (Fsp3) is 0.550. The molecule has 4 rings (SSSR count). The van der Waals surface area contributed by atoms with E-state index in [1.54, 1.807) is 0 Å². The number of hydrogen-bond acceptors (Lipinski definition) is 4. The Hall–Kier alpha value is -1.97. The van der Waals surface area contributed by atoms with Crippen molar-refractivity contribution < 1.29 is 9.53 Å². The number of fused-ring (bicyclic) bond motifs is 4. The van der Waals surface area contributed by atoms with Gasteiger partial charge in [-0.05, 0) is 44.2 Å². The number of benzene rings is 1. The topological polar surface area (TPSA) is 41.6 Å². The van der Waals surface area contributed by atoms with E-state index in [2.05, 4.69) is 34.5 Å². The van der Waals surface area contributed by atoms with E-state index < -0.39 is 0 Å². The minimum Gasteiger partial charge on any atom is -0.466 e. The average Bonchev–Trinajstić information content (AvgIpc) is 2.99. The number of para-hydroxylation sites is 1. The Bertz CT molecular complexity index is 667. The van der Waals surface area contributed by atoms with Gasteiger partial charge in [-0.1, -0.05) is 18.2 Å². The minimum absolute atomic E-state index is 0.0600. The Labute approximate surface area is 143 Å². The monoisotopic (exact) mass is 326 g/mol. The van der Waals surface area contributed by atoms with Gasteiger partial charge in [-0.15, -0.1) is 0 Å². The highest BCUT2D eigenvalue weighted by molar-refractivity contribution is 5.69. The number of nitrogens with zero attached hydrogens (tertiary/aromatic N) is 1. The summed E-state index contributed by atoms with van der Waals surface area (Å²) in [5.74, 6) is 0.925. The molecule has 0 amide bonds. The smallest absolute Gasteiger partial charge is 0.305 e. The van der Waals surface area contributed by atoms with Crippen LogP contribution in [-0.2, 0) is 9.53 Å². The third-order valence-corrected chi connectivity index (χ3v) is 5.63. The van der Waals surface area contributed by atoms with Crippen LogP contribution >= 0.6 is 0 Å². The third kappa shape index (κ3) is 2.68. The van der Waals surface area contributed by atoms with Crippen LogP contribution in [0.4, 0.5) is 5.69 Å². The zero-order chi connectivity index (χ0) is 16.5.